The summed E-state index contributed by atoms with van der Waals surface area (Å²) in [5, 5.41) is 4.31. The third-order valence-corrected chi connectivity index (χ3v) is 3.79. The van der Waals surface area contributed by atoms with Gasteiger partial charge in [0, 0.05) is 23.1 Å². The fraction of sp³-hybridized carbons (Fsp3) is 0.462. The largest absolute Gasteiger partial charge is 0.384 e. The number of aromatic nitrogens is 3. The van der Waals surface area contributed by atoms with Crippen molar-refractivity contribution in [2.24, 2.45) is 0 Å². The minimum absolute atomic E-state index is 0.260. The lowest BCUT2D eigenvalue weighted by atomic mass is 10.2. The summed E-state index contributed by atoms with van der Waals surface area (Å²) in [7, 11) is 0. The second kappa shape index (κ2) is 5.97. The highest BCUT2D eigenvalue weighted by Crippen LogP contribution is 2.17. The van der Waals surface area contributed by atoms with Crippen molar-refractivity contribution in [2.45, 2.75) is 39.7 Å². The predicted octanol–water partition coefficient (Wildman–Crippen LogP) is 2.81. The van der Waals surface area contributed by atoms with Crippen LogP contribution in [0.2, 0.25) is 0 Å². The van der Waals surface area contributed by atoms with Crippen molar-refractivity contribution in [3.05, 3.63) is 28.0 Å². The molecule has 2 rings (SSSR count). The van der Waals surface area contributed by atoms with E-state index < -0.39 is 0 Å². The number of aryl methyl sites for hydroxylation is 1. The molecule has 0 atom stereocenters. The Kier molecular flexibility index (Phi) is 4.31. The lowest BCUT2D eigenvalue weighted by molar-refractivity contribution is 0.777. The summed E-state index contributed by atoms with van der Waals surface area (Å²) in [5.41, 5.74) is 5.79. The van der Waals surface area contributed by atoms with E-state index in [0.29, 0.717) is 12.4 Å². The fourth-order valence-electron chi connectivity index (χ4n) is 1.59. The van der Waals surface area contributed by atoms with Crippen molar-refractivity contribution in [3.63, 3.8) is 0 Å². The molecule has 102 valence electrons. The molecule has 0 saturated carbocycles. The summed E-state index contributed by atoms with van der Waals surface area (Å²) < 4.78 is 0. The molecule has 0 bridgehead atoms. The fourth-order valence-corrected chi connectivity index (χ4v) is 2.40. The van der Waals surface area contributed by atoms with E-state index in [1.807, 2.05) is 20.0 Å². The molecule has 0 unspecified atom stereocenters. The maximum atomic E-state index is 5.79. The molecular weight excluding hydrogens is 258 g/mol. The summed E-state index contributed by atoms with van der Waals surface area (Å²) in [5.74, 6) is 2.27. The molecule has 6 heteroatoms. The number of hydrogen-bond donors (Lipinski definition) is 2. The van der Waals surface area contributed by atoms with Gasteiger partial charge in [-0.3, -0.25) is 0 Å². The van der Waals surface area contributed by atoms with Crippen molar-refractivity contribution < 1.29 is 0 Å². The lowest BCUT2D eigenvalue weighted by Crippen LogP contribution is -2.07. The van der Waals surface area contributed by atoms with E-state index in [2.05, 4.69) is 27.2 Å². The molecule has 5 nitrogen and oxygen atoms in total. The van der Waals surface area contributed by atoms with Crippen molar-refractivity contribution in [3.8, 4) is 0 Å². The van der Waals surface area contributed by atoms with E-state index in [1.54, 1.807) is 17.4 Å². The number of nitrogens with two attached hydrogens (primary N) is 1. The van der Waals surface area contributed by atoms with Crippen LogP contribution in [0.4, 0.5) is 11.6 Å². The van der Waals surface area contributed by atoms with Gasteiger partial charge in [-0.1, -0.05) is 20.8 Å². The smallest absolute Gasteiger partial charge is 0.135 e. The normalized spacial score (nSPS) is 10.9. The Morgan fingerprint density at radius 3 is 2.79 bits per heavy atom. The lowest BCUT2D eigenvalue weighted by Gasteiger charge is -2.09. The molecular formula is C13H19N5S. The monoisotopic (exact) mass is 277 g/mol. The Balaban J connectivity index is 2.06. The van der Waals surface area contributed by atoms with Crippen molar-refractivity contribution in [2.75, 3.05) is 11.1 Å². The highest BCUT2D eigenvalue weighted by Gasteiger charge is 2.07. The molecule has 0 saturated heterocycles. The van der Waals surface area contributed by atoms with Gasteiger partial charge in [0.1, 0.15) is 22.5 Å². The minimum Gasteiger partial charge on any atom is -0.384 e. The number of rotatable bonds is 5. The molecule has 0 amide bonds. The molecule has 2 aromatic heterocycles. The molecule has 19 heavy (non-hydrogen) atoms. The van der Waals surface area contributed by atoms with Crippen LogP contribution >= 0.6 is 11.3 Å². The average Bonchev–Trinajstić information content (AvgIpc) is 2.83. The first kappa shape index (κ1) is 13.7. The van der Waals surface area contributed by atoms with E-state index in [1.165, 1.54) is 4.88 Å². The Labute approximate surface area is 117 Å². The zero-order chi connectivity index (χ0) is 13.8. The Morgan fingerprint density at radius 1 is 1.37 bits per heavy atom. The molecule has 0 aliphatic carbocycles. The third-order valence-electron chi connectivity index (χ3n) is 2.65. The molecule has 0 aliphatic rings. The van der Waals surface area contributed by atoms with Crippen molar-refractivity contribution in [1.82, 2.24) is 15.0 Å². The number of nitrogens with one attached hydrogen (secondary N) is 1. The number of nitrogens with zero attached hydrogens (tertiary/aromatic N) is 3. The second-order valence-electron chi connectivity index (χ2n) is 4.62. The van der Waals surface area contributed by atoms with Crippen LogP contribution in [0.5, 0.6) is 0 Å². The topological polar surface area (TPSA) is 76.7 Å². The van der Waals surface area contributed by atoms with E-state index in [0.717, 1.165) is 23.1 Å². The first-order valence-corrected chi connectivity index (χ1v) is 7.22. The van der Waals surface area contributed by atoms with Crippen molar-refractivity contribution >= 4 is 23.0 Å². The van der Waals surface area contributed by atoms with E-state index in [4.69, 9.17) is 5.73 Å². The molecule has 0 aromatic carbocycles. The summed E-state index contributed by atoms with van der Waals surface area (Å²) in [6.45, 7) is 6.89. The third kappa shape index (κ3) is 3.64. The number of anilines is 2. The van der Waals surface area contributed by atoms with Gasteiger partial charge in [-0.05, 0) is 6.42 Å². The van der Waals surface area contributed by atoms with Gasteiger partial charge in [0.25, 0.3) is 0 Å². The van der Waals surface area contributed by atoms with Crippen LogP contribution in [-0.2, 0) is 13.0 Å². The molecule has 0 radical (unpaired) electrons. The summed E-state index contributed by atoms with van der Waals surface area (Å²) in [6, 6.07) is 1.75. The first-order chi connectivity index (χ1) is 9.08. The predicted molar refractivity (Wildman–Crippen MR) is 79.4 cm³/mol. The van der Waals surface area contributed by atoms with Crippen LogP contribution in [0, 0.1) is 0 Å². The molecule has 0 fully saturated rings. The van der Waals surface area contributed by atoms with E-state index >= 15 is 0 Å². The molecule has 0 aliphatic heterocycles. The minimum atomic E-state index is 0.260. The van der Waals surface area contributed by atoms with Crippen LogP contribution in [0.25, 0.3) is 0 Å². The van der Waals surface area contributed by atoms with E-state index in [9.17, 15) is 0 Å². The van der Waals surface area contributed by atoms with Crippen LogP contribution in [0.1, 0.15) is 42.4 Å². The van der Waals surface area contributed by atoms with Gasteiger partial charge in [-0.25, -0.2) is 15.0 Å². The highest BCUT2D eigenvalue weighted by molar-refractivity contribution is 7.11. The zero-order valence-electron chi connectivity index (χ0n) is 11.5. The van der Waals surface area contributed by atoms with Gasteiger partial charge >= 0.3 is 0 Å². The van der Waals surface area contributed by atoms with Crippen LogP contribution in [0.3, 0.4) is 0 Å². The van der Waals surface area contributed by atoms with Gasteiger partial charge in [0.05, 0.1) is 6.54 Å². The van der Waals surface area contributed by atoms with Gasteiger partial charge in [0.15, 0.2) is 0 Å². The van der Waals surface area contributed by atoms with Crippen molar-refractivity contribution in [1.29, 1.82) is 0 Å². The van der Waals surface area contributed by atoms with Gasteiger partial charge in [-0.15, -0.1) is 11.3 Å². The van der Waals surface area contributed by atoms with Gasteiger partial charge < -0.3 is 11.1 Å². The first-order valence-electron chi connectivity index (χ1n) is 6.40. The quantitative estimate of drug-likeness (QED) is 0.878. The maximum absolute atomic E-state index is 5.79. The Bertz CT molecular complexity index is 550. The van der Waals surface area contributed by atoms with Crippen LogP contribution in [0.15, 0.2) is 12.3 Å². The standard InChI is InChI=1S/C13H19N5S/c1-4-9-6-16-12(19-9)7-15-11-5-10(14)17-13(18-11)8(2)3/h5-6,8H,4,7H2,1-3H3,(H3,14,15,17,18). The Hall–Kier alpha value is -1.69. The highest BCUT2D eigenvalue weighted by atomic mass is 32.1. The molecule has 0 spiro atoms. The number of thiazole rings is 1. The second-order valence-corrected chi connectivity index (χ2v) is 5.82. The summed E-state index contributed by atoms with van der Waals surface area (Å²) in [4.78, 5) is 14.3. The molecule has 2 heterocycles. The average molecular weight is 277 g/mol. The Morgan fingerprint density at radius 2 is 2.16 bits per heavy atom. The number of hydrogen-bond acceptors (Lipinski definition) is 6. The van der Waals surface area contributed by atoms with Gasteiger partial charge in [-0.2, -0.15) is 0 Å². The molecule has 3 N–H and O–H groups in total. The SMILES string of the molecule is CCc1cnc(CNc2cc(N)nc(C(C)C)n2)s1. The van der Waals surface area contributed by atoms with Crippen LogP contribution < -0.4 is 11.1 Å². The van der Waals surface area contributed by atoms with Crippen LogP contribution in [-0.4, -0.2) is 15.0 Å². The number of nitrogen functional groups attached to an aromatic ring is 1. The molecule has 2 aromatic rings. The van der Waals surface area contributed by atoms with E-state index in [-0.39, 0.29) is 5.92 Å². The zero-order valence-corrected chi connectivity index (χ0v) is 12.3. The summed E-state index contributed by atoms with van der Waals surface area (Å²) in [6.07, 6.45) is 2.95. The maximum Gasteiger partial charge on any atom is 0.135 e. The van der Waals surface area contributed by atoms with Gasteiger partial charge in [0.2, 0.25) is 0 Å². The summed E-state index contributed by atoms with van der Waals surface area (Å²) >= 11 is 1.72.